The maximum Gasteiger partial charge on any atom is 0.303 e. The van der Waals surface area contributed by atoms with Gasteiger partial charge in [-0.1, -0.05) is 64.2 Å². The van der Waals surface area contributed by atoms with E-state index in [1.807, 2.05) is 35.5 Å². The van der Waals surface area contributed by atoms with E-state index in [9.17, 15) is 9.59 Å². The molecule has 1 saturated heterocycles. The number of amides is 1. The number of hydrogen-bond acceptors (Lipinski definition) is 6. The van der Waals surface area contributed by atoms with Crippen LogP contribution in [0.25, 0.3) is 0 Å². The second kappa shape index (κ2) is 22.5. The summed E-state index contributed by atoms with van der Waals surface area (Å²) in [7, 11) is 2.02. The molecule has 0 radical (unpaired) electrons. The van der Waals surface area contributed by atoms with Gasteiger partial charge in [-0.2, -0.15) is 0 Å². The number of rotatable bonds is 25. The number of hydrogen-bond donors (Lipinski definition) is 2. The predicted molar refractivity (Wildman–Crippen MR) is 158 cm³/mol. The van der Waals surface area contributed by atoms with Crippen LogP contribution < -0.4 is 5.32 Å². The van der Waals surface area contributed by atoms with E-state index in [1.165, 1.54) is 44.9 Å². The van der Waals surface area contributed by atoms with Crippen LogP contribution in [0.5, 0.6) is 0 Å². The third-order valence-corrected chi connectivity index (χ3v) is 7.06. The third kappa shape index (κ3) is 18.8. The first-order valence-electron chi connectivity index (χ1n) is 15.7. The van der Waals surface area contributed by atoms with Gasteiger partial charge >= 0.3 is 5.97 Å². The maximum atomic E-state index is 12.2. The number of ether oxygens (including phenoxy) is 4. The zero-order chi connectivity index (χ0) is 28.9. The number of aliphatic carboxylic acids is 1. The van der Waals surface area contributed by atoms with Gasteiger partial charge in [-0.05, 0) is 47.0 Å². The summed E-state index contributed by atoms with van der Waals surface area (Å²) in [4.78, 5) is 22.6. The second-order valence-corrected chi connectivity index (χ2v) is 11.6. The maximum absolute atomic E-state index is 12.2. The fourth-order valence-corrected chi connectivity index (χ4v) is 4.98. The number of nitrogens with one attached hydrogen (secondary N) is 1. The summed E-state index contributed by atoms with van der Waals surface area (Å²) in [6.45, 7) is 9.75. The van der Waals surface area contributed by atoms with Crippen molar-refractivity contribution in [2.24, 2.45) is 0 Å². The smallest absolute Gasteiger partial charge is 0.303 e. The van der Waals surface area contributed by atoms with Crippen LogP contribution in [0.15, 0.2) is 0 Å². The average Bonchev–Trinajstić information content (AvgIpc) is 3.15. The topological polar surface area (TPSA) is 103 Å². The highest BCUT2D eigenvalue weighted by Crippen LogP contribution is 2.27. The van der Waals surface area contributed by atoms with Gasteiger partial charge in [-0.15, -0.1) is 0 Å². The first-order chi connectivity index (χ1) is 18.7. The quantitative estimate of drug-likeness (QED) is 0.121. The highest BCUT2D eigenvalue weighted by atomic mass is 16.6. The highest BCUT2D eigenvalue weighted by molar-refractivity contribution is 6.11. The van der Waals surface area contributed by atoms with E-state index < -0.39 is 5.97 Å². The molecule has 228 valence electrons. The molecule has 0 aliphatic carbocycles. The number of carbonyl (C=O) groups is 2. The largest absolute Gasteiger partial charge is 0.481 e. The number of carboxylic acid groups (broad SMARTS) is 1. The van der Waals surface area contributed by atoms with E-state index >= 15 is 0 Å². The molecule has 4 atom stereocenters. The molecule has 0 spiro atoms. The molecule has 1 rings (SSSR count). The van der Waals surface area contributed by atoms with Crippen molar-refractivity contribution >= 4 is 19.7 Å². The Kier molecular flexibility index (Phi) is 20.7. The standard InChI is InChI=1S/C30H58BNO7/c1-23(2)37-22-25-28(38-24(3)4)29(30(31)39-25)36-21-17-20-32-26(33)18-15-13-11-9-7-5-6-8-10-12-14-16-19-27(34)35/h23-25,28-30H,5-22,31H2,1-4H3,(H,32,33)(H,34,35)/t25-,28?,29+,30-/m1/s1. The molecule has 1 heterocycles. The van der Waals surface area contributed by atoms with Gasteiger partial charge in [0.1, 0.15) is 26.2 Å². The Bertz CT molecular complexity index is 634. The molecule has 8 nitrogen and oxygen atoms in total. The van der Waals surface area contributed by atoms with Crippen molar-refractivity contribution in [2.75, 3.05) is 19.8 Å². The van der Waals surface area contributed by atoms with Crippen molar-refractivity contribution in [3.63, 3.8) is 0 Å². The molecule has 0 aromatic heterocycles. The Balaban J connectivity index is 2.01. The molecule has 1 unspecified atom stereocenters. The number of unbranched alkanes of at least 4 members (excludes halogenated alkanes) is 11. The summed E-state index contributed by atoms with van der Waals surface area (Å²) in [5, 5.41) is 11.7. The average molecular weight is 556 g/mol. The lowest BCUT2D eigenvalue weighted by molar-refractivity contribution is -0.137. The van der Waals surface area contributed by atoms with Gasteiger partial charge < -0.3 is 29.4 Å². The minimum atomic E-state index is -0.685. The van der Waals surface area contributed by atoms with Crippen molar-refractivity contribution in [1.29, 1.82) is 0 Å². The summed E-state index contributed by atoms with van der Waals surface area (Å²) < 4.78 is 24.2. The van der Waals surface area contributed by atoms with Crippen molar-refractivity contribution < 1.29 is 33.6 Å². The van der Waals surface area contributed by atoms with Crippen LogP contribution >= 0.6 is 0 Å². The van der Waals surface area contributed by atoms with E-state index in [4.69, 9.17) is 24.1 Å². The number of carbonyl (C=O) groups excluding carboxylic acids is 1. The van der Waals surface area contributed by atoms with Gasteiger partial charge in [0.25, 0.3) is 0 Å². The van der Waals surface area contributed by atoms with Gasteiger partial charge in [0, 0.05) is 26.0 Å². The van der Waals surface area contributed by atoms with E-state index in [0.29, 0.717) is 32.6 Å². The normalized spacial score (nSPS) is 21.2. The Morgan fingerprint density at radius 2 is 1.33 bits per heavy atom. The van der Waals surface area contributed by atoms with Crippen LogP contribution in [0, 0.1) is 0 Å². The van der Waals surface area contributed by atoms with Crippen LogP contribution in [0.4, 0.5) is 0 Å². The summed E-state index contributed by atoms with van der Waals surface area (Å²) in [5.74, 6) is -0.557. The highest BCUT2D eigenvalue weighted by Gasteiger charge is 2.44. The fourth-order valence-electron chi connectivity index (χ4n) is 4.98. The van der Waals surface area contributed by atoms with E-state index in [2.05, 4.69) is 5.32 Å². The zero-order valence-electron chi connectivity index (χ0n) is 25.6. The Morgan fingerprint density at radius 1 is 0.795 bits per heavy atom. The van der Waals surface area contributed by atoms with Gasteiger partial charge in [0.2, 0.25) is 5.91 Å². The fraction of sp³-hybridized carbons (Fsp3) is 0.933. The van der Waals surface area contributed by atoms with Gasteiger partial charge in [0.15, 0.2) is 0 Å². The zero-order valence-corrected chi connectivity index (χ0v) is 25.6. The van der Waals surface area contributed by atoms with Gasteiger partial charge in [-0.25, -0.2) is 0 Å². The summed E-state index contributed by atoms with van der Waals surface area (Å²) >= 11 is 0. The van der Waals surface area contributed by atoms with Crippen molar-refractivity contribution in [3.05, 3.63) is 0 Å². The third-order valence-electron chi connectivity index (χ3n) is 7.06. The molecule has 9 heteroatoms. The summed E-state index contributed by atoms with van der Waals surface area (Å²) in [5.41, 5.74) is 0. The number of carboxylic acids is 1. The molecule has 1 aliphatic heterocycles. The molecule has 0 aromatic carbocycles. The first kappa shape index (κ1) is 35.9. The van der Waals surface area contributed by atoms with Crippen LogP contribution in [0.1, 0.15) is 124 Å². The van der Waals surface area contributed by atoms with Crippen molar-refractivity contribution in [1.82, 2.24) is 5.32 Å². The lowest BCUT2D eigenvalue weighted by Crippen LogP contribution is -2.41. The predicted octanol–water partition coefficient (Wildman–Crippen LogP) is 5.00. The molecule has 1 fully saturated rings. The minimum absolute atomic E-state index is 0.0639. The summed E-state index contributed by atoms with van der Waals surface area (Å²) in [6.07, 6.45) is 15.2. The van der Waals surface area contributed by atoms with Gasteiger partial charge in [-0.3, -0.25) is 9.59 Å². The minimum Gasteiger partial charge on any atom is -0.481 e. The van der Waals surface area contributed by atoms with E-state index in [-0.39, 0.29) is 42.4 Å². The SMILES string of the molecule is B[C@@H]1O[C@H](COC(C)C)C(OC(C)C)[C@@H]1OCCCNC(=O)CCCCCCCCCCCCCCC(=O)O. The lowest BCUT2D eigenvalue weighted by atomic mass is 9.92. The van der Waals surface area contributed by atoms with Crippen LogP contribution in [0.2, 0.25) is 0 Å². The molecule has 39 heavy (non-hydrogen) atoms. The molecule has 1 aliphatic rings. The van der Waals surface area contributed by atoms with E-state index in [0.717, 1.165) is 38.5 Å². The Labute approximate surface area is 239 Å². The molecule has 1 amide bonds. The van der Waals surface area contributed by atoms with Crippen LogP contribution in [0.3, 0.4) is 0 Å². The molecule has 0 saturated carbocycles. The molecule has 0 bridgehead atoms. The van der Waals surface area contributed by atoms with E-state index in [1.54, 1.807) is 0 Å². The molecule has 0 aromatic rings. The monoisotopic (exact) mass is 555 g/mol. The molecular formula is C30H58BNO7. The molecular weight excluding hydrogens is 497 g/mol. The Hall–Kier alpha value is -1.16. The lowest BCUT2D eigenvalue weighted by Gasteiger charge is -2.26. The van der Waals surface area contributed by atoms with Gasteiger partial charge in [0.05, 0.1) is 24.8 Å². The van der Waals surface area contributed by atoms with Crippen molar-refractivity contribution in [3.8, 4) is 0 Å². The van der Waals surface area contributed by atoms with Crippen molar-refractivity contribution in [2.45, 2.75) is 161 Å². The first-order valence-corrected chi connectivity index (χ1v) is 15.7. The second-order valence-electron chi connectivity index (χ2n) is 11.6. The van der Waals surface area contributed by atoms with Crippen LogP contribution in [-0.2, 0) is 28.5 Å². The van der Waals surface area contributed by atoms with Crippen LogP contribution in [-0.4, -0.2) is 81.1 Å². The molecule has 2 N–H and O–H groups in total. The summed E-state index contributed by atoms with van der Waals surface area (Å²) in [6, 6.07) is -0.0639. The Morgan fingerprint density at radius 3 is 1.85 bits per heavy atom.